The zero-order valence-electron chi connectivity index (χ0n) is 18.1. The van der Waals surface area contributed by atoms with Crippen molar-refractivity contribution < 1.29 is 13.9 Å². The van der Waals surface area contributed by atoms with Crippen molar-refractivity contribution in [3.8, 4) is 22.1 Å². The van der Waals surface area contributed by atoms with Gasteiger partial charge in [0.25, 0.3) is 0 Å². The fourth-order valence-corrected chi connectivity index (χ4v) is 4.98. The minimum absolute atomic E-state index is 0.124. The monoisotopic (exact) mass is 482 g/mol. The molecule has 0 spiro atoms. The van der Waals surface area contributed by atoms with E-state index in [0.29, 0.717) is 24.6 Å². The first-order chi connectivity index (χ1) is 16.1. The number of thiophene rings is 1. The lowest BCUT2D eigenvalue weighted by atomic mass is 10.1. The van der Waals surface area contributed by atoms with Crippen LogP contribution in [0.2, 0.25) is 0 Å². The Balaban J connectivity index is 1.48. The number of methoxy groups -OCH3 is 1. The quantitative estimate of drug-likeness (QED) is 0.349. The first kappa shape index (κ1) is 22.0. The van der Waals surface area contributed by atoms with Crippen LogP contribution in [0.3, 0.4) is 0 Å². The number of rotatable bonds is 6. The van der Waals surface area contributed by atoms with Crippen LogP contribution in [0.5, 0.6) is 5.75 Å². The van der Waals surface area contributed by atoms with Crippen molar-refractivity contribution in [2.75, 3.05) is 26.8 Å². The molecule has 0 unspecified atom stereocenters. The predicted octanol–water partition coefficient (Wildman–Crippen LogP) is 5.31. The predicted molar refractivity (Wildman–Crippen MR) is 129 cm³/mol. The van der Waals surface area contributed by atoms with E-state index in [9.17, 15) is 4.39 Å². The molecular weight excluding hydrogens is 459 g/mol. The molecule has 0 saturated carbocycles. The van der Waals surface area contributed by atoms with E-state index in [-0.39, 0.29) is 11.9 Å². The number of halogens is 1. The van der Waals surface area contributed by atoms with E-state index >= 15 is 0 Å². The fraction of sp³-hybridized carbons (Fsp3) is 0.250. The highest BCUT2D eigenvalue weighted by atomic mass is 32.1. The largest absolute Gasteiger partial charge is 0.495 e. The number of benzene rings is 2. The van der Waals surface area contributed by atoms with Crippen LogP contribution < -0.4 is 4.74 Å². The van der Waals surface area contributed by atoms with E-state index in [4.69, 9.17) is 26.8 Å². The lowest BCUT2D eigenvalue weighted by Gasteiger charge is -2.32. The third kappa shape index (κ3) is 4.49. The van der Waals surface area contributed by atoms with Gasteiger partial charge in [0.2, 0.25) is 4.77 Å². The van der Waals surface area contributed by atoms with Crippen LogP contribution in [0.4, 0.5) is 4.39 Å². The molecule has 1 aliphatic heterocycles. The van der Waals surface area contributed by atoms with Crippen molar-refractivity contribution in [2.24, 2.45) is 0 Å². The lowest BCUT2D eigenvalue weighted by Crippen LogP contribution is -2.39. The summed E-state index contributed by atoms with van der Waals surface area (Å²) in [6, 6.07) is 18.3. The average Bonchev–Trinajstić information content (AvgIpc) is 3.48. The summed E-state index contributed by atoms with van der Waals surface area (Å²) in [4.78, 5) is 3.28. The molecule has 2 aromatic carbocycles. The van der Waals surface area contributed by atoms with E-state index in [1.54, 1.807) is 30.6 Å². The second kappa shape index (κ2) is 9.56. The highest BCUT2D eigenvalue weighted by Gasteiger charge is 2.24. The summed E-state index contributed by atoms with van der Waals surface area (Å²) < 4.78 is 29.3. The molecule has 170 valence electrons. The molecule has 0 radical (unpaired) electrons. The third-order valence-corrected chi connectivity index (χ3v) is 6.89. The normalized spacial score (nSPS) is 16.7. The molecule has 1 saturated heterocycles. The van der Waals surface area contributed by atoms with Gasteiger partial charge in [-0.05, 0) is 53.5 Å². The summed E-state index contributed by atoms with van der Waals surface area (Å²) >= 11 is 7.51. The van der Waals surface area contributed by atoms with Gasteiger partial charge >= 0.3 is 0 Å². The molecule has 4 aromatic rings. The van der Waals surface area contributed by atoms with Crippen molar-refractivity contribution >= 4 is 23.6 Å². The van der Waals surface area contributed by atoms with Gasteiger partial charge < -0.3 is 9.47 Å². The molecule has 33 heavy (non-hydrogen) atoms. The average molecular weight is 483 g/mol. The number of ether oxygens (including phenoxy) is 2. The minimum atomic E-state index is -0.249. The Hall–Kier alpha value is -2.85. The van der Waals surface area contributed by atoms with Gasteiger partial charge in [-0.25, -0.2) is 9.07 Å². The first-order valence-electron chi connectivity index (χ1n) is 10.6. The number of hydrogen-bond acceptors (Lipinski definition) is 6. The Bertz CT molecular complexity index is 1280. The maximum absolute atomic E-state index is 13.3. The fourth-order valence-electron chi connectivity index (χ4n) is 4.00. The topological polar surface area (TPSA) is 44.5 Å². The van der Waals surface area contributed by atoms with Crippen LogP contribution >= 0.6 is 23.6 Å². The highest BCUT2D eigenvalue weighted by Crippen LogP contribution is 2.31. The van der Waals surface area contributed by atoms with E-state index < -0.39 is 0 Å². The smallest absolute Gasteiger partial charge is 0.204 e. The maximum atomic E-state index is 13.3. The van der Waals surface area contributed by atoms with Gasteiger partial charge in [-0.3, -0.25) is 9.47 Å². The van der Waals surface area contributed by atoms with Crippen LogP contribution in [-0.2, 0) is 11.4 Å². The Labute approximate surface area is 200 Å². The molecule has 9 heteroatoms. The summed E-state index contributed by atoms with van der Waals surface area (Å²) in [5.41, 5.74) is 1.81. The SMILES string of the molecule is COc1ccccc1-n1c(-c2cccs2)nn(CN2CCO[C@@H](c3ccc(F)cc3)C2)c1=S. The van der Waals surface area contributed by atoms with Crippen LogP contribution in [0.1, 0.15) is 11.7 Å². The molecule has 1 atom stereocenters. The van der Waals surface area contributed by atoms with E-state index in [1.807, 2.05) is 51.0 Å². The summed E-state index contributed by atoms with van der Waals surface area (Å²) in [7, 11) is 1.65. The van der Waals surface area contributed by atoms with E-state index in [0.717, 1.165) is 34.2 Å². The molecule has 6 nitrogen and oxygen atoms in total. The van der Waals surface area contributed by atoms with Gasteiger partial charge in [-0.1, -0.05) is 30.3 Å². The zero-order chi connectivity index (χ0) is 22.8. The third-order valence-electron chi connectivity index (χ3n) is 5.63. The molecule has 1 aliphatic rings. The van der Waals surface area contributed by atoms with Gasteiger partial charge in [-0.15, -0.1) is 16.4 Å². The van der Waals surface area contributed by atoms with Gasteiger partial charge in [0.15, 0.2) is 5.82 Å². The molecule has 3 heterocycles. The molecule has 0 N–H and O–H groups in total. The molecule has 0 aliphatic carbocycles. The standard InChI is InChI=1S/C24H23FN4O2S2/c1-30-20-6-3-2-5-19(20)29-23(22-7-4-14-33-22)26-28(24(29)32)16-27-12-13-31-21(15-27)17-8-10-18(25)11-9-17/h2-11,14,21H,12-13,15-16H2,1H3/t21-/m1/s1. The molecule has 2 aromatic heterocycles. The summed E-state index contributed by atoms with van der Waals surface area (Å²) in [5, 5.41) is 6.93. The molecule has 0 bridgehead atoms. The molecule has 5 rings (SSSR count). The Kier molecular flexibility index (Phi) is 6.37. The highest BCUT2D eigenvalue weighted by molar-refractivity contribution is 7.71. The van der Waals surface area contributed by atoms with Gasteiger partial charge in [0.1, 0.15) is 11.6 Å². The summed E-state index contributed by atoms with van der Waals surface area (Å²) in [6.45, 7) is 2.54. The van der Waals surface area contributed by atoms with Gasteiger partial charge in [0.05, 0.1) is 37.1 Å². The number of nitrogens with zero attached hydrogens (tertiary/aromatic N) is 4. The van der Waals surface area contributed by atoms with Crippen molar-refractivity contribution in [1.82, 2.24) is 19.2 Å². The van der Waals surface area contributed by atoms with Gasteiger partial charge in [0, 0.05) is 13.1 Å². The van der Waals surface area contributed by atoms with Crippen molar-refractivity contribution in [1.29, 1.82) is 0 Å². The second-order valence-electron chi connectivity index (χ2n) is 7.72. The lowest BCUT2D eigenvalue weighted by molar-refractivity contribution is -0.0418. The maximum Gasteiger partial charge on any atom is 0.204 e. The Morgan fingerprint density at radius 3 is 2.73 bits per heavy atom. The summed E-state index contributed by atoms with van der Waals surface area (Å²) in [5.74, 6) is 1.26. The zero-order valence-corrected chi connectivity index (χ0v) is 19.7. The van der Waals surface area contributed by atoms with Crippen LogP contribution in [0.25, 0.3) is 16.4 Å². The first-order valence-corrected chi connectivity index (χ1v) is 11.9. The Morgan fingerprint density at radius 2 is 1.97 bits per heavy atom. The van der Waals surface area contributed by atoms with Crippen LogP contribution in [0.15, 0.2) is 66.0 Å². The number of morpholine rings is 1. The van der Waals surface area contributed by atoms with Crippen molar-refractivity contribution in [3.05, 3.63) is 82.2 Å². The van der Waals surface area contributed by atoms with Gasteiger partial charge in [-0.2, -0.15) is 0 Å². The molecular formula is C24H23FN4O2S2. The van der Waals surface area contributed by atoms with Crippen LogP contribution in [0, 0.1) is 10.6 Å². The molecule has 0 amide bonds. The van der Waals surface area contributed by atoms with Crippen molar-refractivity contribution in [3.63, 3.8) is 0 Å². The van der Waals surface area contributed by atoms with Crippen LogP contribution in [-0.4, -0.2) is 46.1 Å². The molecule has 1 fully saturated rings. The summed E-state index contributed by atoms with van der Waals surface area (Å²) in [6.07, 6.45) is -0.124. The number of aromatic nitrogens is 3. The second-order valence-corrected chi connectivity index (χ2v) is 9.03. The Morgan fingerprint density at radius 1 is 1.15 bits per heavy atom. The van der Waals surface area contributed by atoms with E-state index in [1.165, 1.54) is 12.1 Å². The van der Waals surface area contributed by atoms with Crippen molar-refractivity contribution in [2.45, 2.75) is 12.8 Å². The number of para-hydroxylation sites is 2. The van der Waals surface area contributed by atoms with E-state index in [2.05, 4.69) is 4.90 Å². The minimum Gasteiger partial charge on any atom is -0.495 e. The number of hydrogen-bond donors (Lipinski definition) is 0.